The molecule has 0 radical (unpaired) electrons. The van der Waals surface area contributed by atoms with Crippen LogP contribution in [0.15, 0.2) is 42.6 Å². The van der Waals surface area contributed by atoms with Crippen LogP contribution in [0.2, 0.25) is 0 Å². The van der Waals surface area contributed by atoms with Crippen LogP contribution in [0.25, 0.3) is 0 Å². The number of carbonyl (C=O) groups excluding carboxylic acids is 1. The molecule has 5 nitrogen and oxygen atoms in total. The number of likely N-dealkylation sites (tertiary alicyclic amines) is 1. The van der Waals surface area contributed by atoms with Crippen LogP contribution >= 0.6 is 0 Å². The van der Waals surface area contributed by atoms with Gasteiger partial charge in [-0.2, -0.15) is 13.2 Å². The van der Waals surface area contributed by atoms with Crippen LogP contribution in [0.1, 0.15) is 5.56 Å². The van der Waals surface area contributed by atoms with Crippen molar-refractivity contribution in [1.29, 1.82) is 0 Å². The van der Waals surface area contributed by atoms with Crippen molar-refractivity contribution in [1.82, 2.24) is 9.88 Å². The van der Waals surface area contributed by atoms with E-state index in [0.29, 0.717) is 5.75 Å². The van der Waals surface area contributed by atoms with Crippen molar-refractivity contribution >= 4 is 5.91 Å². The molecule has 2 heterocycles. The molecule has 1 amide bonds. The highest BCUT2D eigenvalue weighted by molar-refractivity contribution is 5.78. The molecule has 1 aliphatic heterocycles. The number of hydrogen-bond acceptors (Lipinski definition) is 4. The third-order valence-electron chi connectivity index (χ3n) is 3.73. The Labute approximate surface area is 146 Å². The SMILES string of the molecule is O=C(COc1ccc(F)cc1)N1CC(Oc2ncccc2C(F)(F)F)C1. The molecule has 0 saturated carbocycles. The van der Waals surface area contributed by atoms with Gasteiger partial charge in [0, 0.05) is 6.20 Å². The molecule has 9 heteroatoms. The number of pyridine rings is 1. The van der Waals surface area contributed by atoms with E-state index in [4.69, 9.17) is 9.47 Å². The fourth-order valence-corrected chi connectivity index (χ4v) is 2.34. The quantitative estimate of drug-likeness (QED) is 0.760. The van der Waals surface area contributed by atoms with Gasteiger partial charge in [0.15, 0.2) is 6.61 Å². The first-order chi connectivity index (χ1) is 12.3. The second-order valence-corrected chi connectivity index (χ2v) is 5.64. The minimum atomic E-state index is -4.56. The largest absolute Gasteiger partial charge is 0.484 e. The summed E-state index contributed by atoms with van der Waals surface area (Å²) < 4.78 is 61.9. The first kappa shape index (κ1) is 18.0. The number of carbonyl (C=O) groups is 1. The van der Waals surface area contributed by atoms with Crippen molar-refractivity contribution in [2.75, 3.05) is 19.7 Å². The Morgan fingerprint density at radius 3 is 2.54 bits per heavy atom. The zero-order chi connectivity index (χ0) is 18.7. The number of rotatable bonds is 5. The fraction of sp³-hybridized carbons (Fsp3) is 0.294. The Morgan fingerprint density at radius 1 is 1.19 bits per heavy atom. The van der Waals surface area contributed by atoms with Crippen LogP contribution < -0.4 is 9.47 Å². The van der Waals surface area contributed by atoms with E-state index < -0.39 is 29.5 Å². The normalized spacial score (nSPS) is 14.7. The first-order valence-corrected chi connectivity index (χ1v) is 7.68. The minimum Gasteiger partial charge on any atom is -0.484 e. The molecule has 1 aromatic carbocycles. The molecule has 0 atom stereocenters. The van der Waals surface area contributed by atoms with Crippen molar-refractivity contribution in [2.45, 2.75) is 12.3 Å². The summed E-state index contributed by atoms with van der Waals surface area (Å²) in [6.45, 7) is 0.0225. The van der Waals surface area contributed by atoms with Gasteiger partial charge in [0.2, 0.25) is 5.88 Å². The number of aromatic nitrogens is 1. The van der Waals surface area contributed by atoms with Gasteiger partial charge in [-0.3, -0.25) is 4.79 Å². The lowest BCUT2D eigenvalue weighted by atomic mass is 10.1. The number of nitrogens with zero attached hydrogens (tertiary/aromatic N) is 2. The summed E-state index contributed by atoms with van der Waals surface area (Å²) in [6, 6.07) is 7.27. The molecule has 1 saturated heterocycles. The predicted octanol–water partition coefficient (Wildman–Crippen LogP) is 2.91. The molecular formula is C17H14F4N2O3. The van der Waals surface area contributed by atoms with Crippen molar-refractivity contribution in [3.05, 3.63) is 54.0 Å². The van der Waals surface area contributed by atoms with Crippen LogP contribution in [-0.4, -0.2) is 41.6 Å². The molecule has 0 aliphatic carbocycles. The highest BCUT2D eigenvalue weighted by Gasteiger charge is 2.38. The van der Waals surface area contributed by atoms with E-state index in [1.807, 2.05) is 0 Å². The topological polar surface area (TPSA) is 51.7 Å². The summed E-state index contributed by atoms with van der Waals surface area (Å²) in [7, 11) is 0. The molecule has 138 valence electrons. The Balaban J connectivity index is 1.48. The Bertz CT molecular complexity index is 774. The van der Waals surface area contributed by atoms with Crippen LogP contribution in [0.4, 0.5) is 17.6 Å². The molecule has 1 aromatic heterocycles. The monoisotopic (exact) mass is 370 g/mol. The predicted molar refractivity (Wildman–Crippen MR) is 82.1 cm³/mol. The number of benzene rings is 1. The number of halogens is 4. The van der Waals surface area contributed by atoms with E-state index in [1.54, 1.807) is 0 Å². The van der Waals surface area contributed by atoms with E-state index >= 15 is 0 Å². The van der Waals surface area contributed by atoms with Gasteiger partial charge < -0.3 is 14.4 Å². The Morgan fingerprint density at radius 2 is 1.88 bits per heavy atom. The molecule has 1 fully saturated rings. The highest BCUT2D eigenvalue weighted by atomic mass is 19.4. The van der Waals surface area contributed by atoms with E-state index in [0.717, 1.165) is 6.07 Å². The van der Waals surface area contributed by atoms with Gasteiger partial charge in [0.1, 0.15) is 23.2 Å². The summed E-state index contributed by atoms with van der Waals surface area (Å²) in [5.74, 6) is -0.915. The summed E-state index contributed by atoms with van der Waals surface area (Å²) in [5, 5.41) is 0. The second kappa shape index (κ2) is 7.19. The Kier molecular flexibility index (Phi) is 4.97. The third kappa shape index (κ3) is 4.22. The van der Waals surface area contributed by atoms with Crippen LogP contribution in [0.3, 0.4) is 0 Å². The van der Waals surface area contributed by atoms with E-state index in [-0.39, 0.29) is 25.6 Å². The van der Waals surface area contributed by atoms with Gasteiger partial charge in [-0.1, -0.05) is 0 Å². The van der Waals surface area contributed by atoms with E-state index in [9.17, 15) is 22.4 Å². The molecule has 3 rings (SSSR count). The van der Waals surface area contributed by atoms with Gasteiger partial charge in [-0.05, 0) is 36.4 Å². The van der Waals surface area contributed by atoms with Gasteiger partial charge in [0.25, 0.3) is 5.91 Å². The molecule has 2 aromatic rings. The molecular weight excluding hydrogens is 356 g/mol. The first-order valence-electron chi connectivity index (χ1n) is 7.68. The average Bonchev–Trinajstić information content (AvgIpc) is 2.56. The minimum absolute atomic E-state index is 0.138. The Hall–Kier alpha value is -2.84. The fourth-order valence-electron chi connectivity index (χ4n) is 2.34. The number of hydrogen-bond donors (Lipinski definition) is 0. The van der Waals surface area contributed by atoms with Gasteiger partial charge in [-0.25, -0.2) is 9.37 Å². The van der Waals surface area contributed by atoms with Crippen LogP contribution in [0.5, 0.6) is 11.6 Å². The zero-order valence-electron chi connectivity index (χ0n) is 13.4. The summed E-state index contributed by atoms with van der Waals surface area (Å²) in [4.78, 5) is 17.0. The highest BCUT2D eigenvalue weighted by Crippen LogP contribution is 2.35. The average molecular weight is 370 g/mol. The van der Waals surface area contributed by atoms with Crippen LogP contribution in [0, 0.1) is 5.82 Å². The standard InChI is InChI=1S/C17H14F4N2O3/c18-11-3-5-12(6-4-11)25-10-15(24)23-8-13(9-23)26-16-14(17(19,20)21)2-1-7-22-16/h1-7,13H,8-10H2. The van der Waals surface area contributed by atoms with Gasteiger partial charge >= 0.3 is 6.18 Å². The number of alkyl halides is 3. The lowest BCUT2D eigenvalue weighted by molar-refractivity contribution is -0.146. The van der Waals surface area contributed by atoms with Gasteiger partial charge in [-0.15, -0.1) is 0 Å². The summed E-state index contributed by atoms with van der Waals surface area (Å²) >= 11 is 0. The number of ether oxygens (including phenoxy) is 2. The zero-order valence-corrected chi connectivity index (χ0v) is 13.4. The number of amides is 1. The summed E-state index contributed by atoms with van der Waals surface area (Å²) in [5.41, 5.74) is -0.954. The third-order valence-corrected chi connectivity index (χ3v) is 3.73. The maximum absolute atomic E-state index is 12.9. The van der Waals surface area contributed by atoms with E-state index in [2.05, 4.69) is 4.98 Å². The lowest BCUT2D eigenvalue weighted by Crippen LogP contribution is -2.57. The smallest absolute Gasteiger partial charge is 0.421 e. The van der Waals surface area contributed by atoms with Crippen molar-refractivity contribution in [3.8, 4) is 11.6 Å². The molecule has 26 heavy (non-hydrogen) atoms. The molecule has 0 unspecified atom stereocenters. The second-order valence-electron chi connectivity index (χ2n) is 5.64. The summed E-state index contributed by atoms with van der Waals surface area (Å²) in [6.07, 6.45) is -3.92. The van der Waals surface area contributed by atoms with Crippen molar-refractivity contribution < 1.29 is 31.8 Å². The van der Waals surface area contributed by atoms with Crippen LogP contribution in [-0.2, 0) is 11.0 Å². The molecule has 0 spiro atoms. The van der Waals surface area contributed by atoms with E-state index in [1.165, 1.54) is 41.4 Å². The van der Waals surface area contributed by atoms with Crippen molar-refractivity contribution in [2.24, 2.45) is 0 Å². The maximum atomic E-state index is 12.9. The molecule has 0 bridgehead atoms. The molecule has 1 aliphatic rings. The van der Waals surface area contributed by atoms with Crippen molar-refractivity contribution in [3.63, 3.8) is 0 Å². The van der Waals surface area contributed by atoms with Gasteiger partial charge in [0.05, 0.1) is 13.1 Å². The maximum Gasteiger partial charge on any atom is 0.421 e. The lowest BCUT2D eigenvalue weighted by Gasteiger charge is -2.38. The molecule has 0 N–H and O–H groups in total.